The molecule has 0 bridgehead atoms. The second-order valence-corrected chi connectivity index (χ2v) is 6.93. The van der Waals surface area contributed by atoms with Gasteiger partial charge in [0.15, 0.2) is 0 Å². The van der Waals surface area contributed by atoms with Crippen LogP contribution in [0.25, 0.3) is 0 Å². The molecule has 1 aromatic carbocycles. The lowest BCUT2D eigenvalue weighted by Crippen LogP contribution is -2.46. The molecule has 1 saturated heterocycles. The molecule has 0 unspecified atom stereocenters. The molecule has 2 N–H and O–H groups in total. The summed E-state index contributed by atoms with van der Waals surface area (Å²) in [5.74, 6) is 0.218. The van der Waals surface area contributed by atoms with Crippen molar-refractivity contribution in [1.29, 1.82) is 0 Å². The number of rotatable bonds is 3. The standard InChI is InChI=1S/C16H19BrN2O3/c17-11-3-4-13(14(20)9-11)16(22)19-7-5-12(6-8-19)18-15(21)10-1-2-10/h3-4,9-10,12,20H,1-2,5-8H2,(H,18,21). The van der Waals surface area contributed by atoms with E-state index in [4.69, 9.17) is 0 Å². The van der Waals surface area contributed by atoms with E-state index in [1.165, 1.54) is 6.07 Å². The summed E-state index contributed by atoms with van der Waals surface area (Å²) in [5.41, 5.74) is 0.323. The van der Waals surface area contributed by atoms with Gasteiger partial charge in [0.05, 0.1) is 5.56 Å². The Labute approximate surface area is 137 Å². The van der Waals surface area contributed by atoms with Crippen molar-refractivity contribution in [3.8, 4) is 5.75 Å². The largest absolute Gasteiger partial charge is 0.507 e. The lowest BCUT2D eigenvalue weighted by molar-refractivity contribution is -0.123. The highest BCUT2D eigenvalue weighted by Crippen LogP contribution is 2.29. The molecular formula is C16H19BrN2O3. The minimum atomic E-state index is -0.156. The SMILES string of the molecule is O=C(NC1CCN(C(=O)c2ccc(Br)cc2O)CC1)C1CC1. The van der Waals surface area contributed by atoms with E-state index in [1.807, 2.05) is 0 Å². The predicted octanol–water partition coefficient (Wildman–Crippen LogP) is 2.29. The van der Waals surface area contributed by atoms with E-state index in [9.17, 15) is 14.7 Å². The number of aromatic hydroxyl groups is 1. The normalized spacial score (nSPS) is 19.0. The van der Waals surface area contributed by atoms with Gasteiger partial charge in [-0.05, 0) is 43.9 Å². The highest BCUT2D eigenvalue weighted by molar-refractivity contribution is 9.10. The zero-order valence-electron chi connectivity index (χ0n) is 12.2. The number of hydrogen-bond donors (Lipinski definition) is 2. The highest BCUT2D eigenvalue weighted by Gasteiger charge is 2.32. The highest BCUT2D eigenvalue weighted by atomic mass is 79.9. The molecule has 2 aliphatic rings. The third-order valence-electron chi connectivity index (χ3n) is 4.27. The maximum atomic E-state index is 12.4. The summed E-state index contributed by atoms with van der Waals surface area (Å²) in [4.78, 5) is 25.9. The topological polar surface area (TPSA) is 69.6 Å². The Kier molecular flexibility index (Phi) is 4.38. The number of carbonyl (C=O) groups excluding carboxylic acids is 2. The summed E-state index contributed by atoms with van der Waals surface area (Å²) in [7, 11) is 0. The third kappa shape index (κ3) is 3.43. The molecule has 3 rings (SSSR count). The first-order valence-corrected chi connectivity index (χ1v) is 8.42. The number of halogens is 1. The number of nitrogens with one attached hydrogen (secondary N) is 1. The van der Waals surface area contributed by atoms with Gasteiger partial charge in [-0.25, -0.2) is 0 Å². The summed E-state index contributed by atoms with van der Waals surface area (Å²) < 4.78 is 0.739. The number of nitrogens with zero attached hydrogens (tertiary/aromatic N) is 1. The van der Waals surface area contributed by atoms with Gasteiger partial charge < -0.3 is 15.3 Å². The van der Waals surface area contributed by atoms with Crippen molar-refractivity contribution < 1.29 is 14.7 Å². The second-order valence-electron chi connectivity index (χ2n) is 6.01. The molecule has 2 fully saturated rings. The first kappa shape index (κ1) is 15.3. The number of phenolic OH excluding ortho intramolecular Hbond substituents is 1. The Hall–Kier alpha value is -1.56. The van der Waals surface area contributed by atoms with Crippen molar-refractivity contribution in [1.82, 2.24) is 10.2 Å². The van der Waals surface area contributed by atoms with E-state index in [-0.39, 0.29) is 29.5 Å². The van der Waals surface area contributed by atoms with Gasteiger partial charge in [-0.2, -0.15) is 0 Å². The number of piperidine rings is 1. The Morgan fingerprint density at radius 1 is 1.18 bits per heavy atom. The van der Waals surface area contributed by atoms with Gasteiger partial charge in [-0.1, -0.05) is 15.9 Å². The van der Waals surface area contributed by atoms with Gasteiger partial charge >= 0.3 is 0 Å². The van der Waals surface area contributed by atoms with Crippen molar-refractivity contribution in [3.05, 3.63) is 28.2 Å². The number of likely N-dealkylation sites (tertiary alicyclic amines) is 1. The molecule has 1 heterocycles. The van der Waals surface area contributed by atoms with Gasteiger partial charge in [0.25, 0.3) is 5.91 Å². The molecular weight excluding hydrogens is 348 g/mol. The summed E-state index contributed by atoms with van der Waals surface area (Å²) >= 11 is 3.26. The van der Waals surface area contributed by atoms with Gasteiger partial charge in [0, 0.05) is 29.5 Å². The van der Waals surface area contributed by atoms with Crippen LogP contribution in [0.3, 0.4) is 0 Å². The Morgan fingerprint density at radius 2 is 1.86 bits per heavy atom. The quantitative estimate of drug-likeness (QED) is 0.861. The molecule has 0 aromatic heterocycles. The summed E-state index contributed by atoms with van der Waals surface area (Å²) in [6.45, 7) is 1.20. The lowest BCUT2D eigenvalue weighted by Gasteiger charge is -2.32. The number of carbonyl (C=O) groups is 2. The molecule has 1 aliphatic carbocycles. The first-order valence-electron chi connectivity index (χ1n) is 7.63. The third-order valence-corrected chi connectivity index (χ3v) is 4.76. The van der Waals surface area contributed by atoms with E-state index in [1.54, 1.807) is 17.0 Å². The average Bonchev–Trinajstić information content (AvgIpc) is 3.32. The van der Waals surface area contributed by atoms with Crippen LogP contribution in [0, 0.1) is 5.92 Å². The molecule has 1 saturated carbocycles. The first-order chi connectivity index (χ1) is 10.5. The van der Waals surface area contributed by atoms with Gasteiger partial charge in [-0.3, -0.25) is 9.59 Å². The van der Waals surface area contributed by atoms with E-state index in [0.717, 1.165) is 30.2 Å². The molecule has 0 radical (unpaired) electrons. The zero-order valence-corrected chi connectivity index (χ0v) is 13.8. The van der Waals surface area contributed by atoms with E-state index >= 15 is 0 Å². The molecule has 0 spiro atoms. The minimum absolute atomic E-state index is 0.0106. The summed E-state index contributed by atoms with van der Waals surface area (Å²) in [6, 6.07) is 5.06. The maximum Gasteiger partial charge on any atom is 0.257 e. The predicted molar refractivity (Wildman–Crippen MR) is 85.6 cm³/mol. The van der Waals surface area contributed by atoms with Crippen molar-refractivity contribution in [3.63, 3.8) is 0 Å². The van der Waals surface area contributed by atoms with Crippen molar-refractivity contribution in [2.75, 3.05) is 13.1 Å². The van der Waals surface area contributed by atoms with Gasteiger partial charge in [0.2, 0.25) is 5.91 Å². The number of amides is 2. The maximum absolute atomic E-state index is 12.4. The van der Waals surface area contributed by atoms with Crippen LogP contribution in [-0.2, 0) is 4.79 Å². The Bertz CT molecular complexity index is 593. The van der Waals surface area contributed by atoms with Crippen molar-refractivity contribution >= 4 is 27.7 Å². The molecule has 6 heteroatoms. The van der Waals surface area contributed by atoms with Crippen LogP contribution in [-0.4, -0.2) is 41.0 Å². The summed E-state index contributed by atoms with van der Waals surface area (Å²) in [5, 5.41) is 13.0. The van der Waals surface area contributed by atoms with Gasteiger partial charge in [-0.15, -0.1) is 0 Å². The average molecular weight is 367 g/mol. The molecule has 1 aromatic rings. The molecule has 0 atom stereocenters. The van der Waals surface area contributed by atoms with Gasteiger partial charge in [0.1, 0.15) is 5.75 Å². The van der Waals surface area contributed by atoms with Crippen LogP contribution in [0.5, 0.6) is 5.75 Å². The molecule has 22 heavy (non-hydrogen) atoms. The fourth-order valence-corrected chi connectivity index (χ4v) is 3.10. The smallest absolute Gasteiger partial charge is 0.257 e. The van der Waals surface area contributed by atoms with E-state index in [2.05, 4.69) is 21.2 Å². The molecule has 118 valence electrons. The van der Waals surface area contributed by atoms with Crippen LogP contribution in [0.15, 0.2) is 22.7 Å². The number of phenols is 1. The minimum Gasteiger partial charge on any atom is -0.507 e. The fourth-order valence-electron chi connectivity index (χ4n) is 2.75. The lowest BCUT2D eigenvalue weighted by atomic mass is 10.0. The van der Waals surface area contributed by atoms with Crippen LogP contribution in [0.1, 0.15) is 36.0 Å². The molecule has 1 aliphatic heterocycles. The Morgan fingerprint density at radius 3 is 2.45 bits per heavy atom. The summed E-state index contributed by atoms with van der Waals surface area (Å²) in [6.07, 6.45) is 3.54. The van der Waals surface area contributed by atoms with Crippen molar-refractivity contribution in [2.24, 2.45) is 5.92 Å². The van der Waals surface area contributed by atoms with Crippen LogP contribution >= 0.6 is 15.9 Å². The Balaban J connectivity index is 1.56. The number of hydrogen-bond acceptors (Lipinski definition) is 3. The fraction of sp³-hybridized carbons (Fsp3) is 0.500. The van der Waals surface area contributed by atoms with Crippen LogP contribution in [0.2, 0.25) is 0 Å². The van der Waals surface area contributed by atoms with Crippen LogP contribution < -0.4 is 5.32 Å². The molecule has 5 nitrogen and oxygen atoms in total. The zero-order chi connectivity index (χ0) is 15.7. The van der Waals surface area contributed by atoms with E-state index < -0.39 is 0 Å². The monoisotopic (exact) mass is 366 g/mol. The van der Waals surface area contributed by atoms with Crippen molar-refractivity contribution in [2.45, 2.75) is 31.7 Å². The molecule has 2 amide bonds. The van der Waals surface area contributed by atoms with E-state index in [0.29, 0.717) is 18.7 Å². The number of benzene rings is 1. The van der Waals surface area contributed by atoms with Crippen LogP contribution in [0.4, 0.5) is 0 Å². The second kappa shape index (κ2) is 6.28.